The Balaban J connectivity index is 0.871. The molecule has 0 saturated carbocycles. The molecule has 1 fully saturated rings. The van der Waals surface area contributed by atoms with Crippen LogP contribution in [0.25, 0.3) is 291 Å². The molecule has 33 rings (SSSR count). The van der Waals surface area contributed by atoms with E-state index in [-0.39, 0.29) is 10.8 Å². The van der Waals surface area contributed by atoms with Crippen LogP contribution in [0.1, 0.15) is 165 Å². The Kier molecular flexibility index (Phi) is 4.66. The molecule has 1 saturated heterocycles. The minimum absolute atomic E-state index is 0.192. The summed E-state index contributed by atoms with van der Waals surface area (Å²) in [6.07, 6.45) is 27.6. The van der Waals surface area contributed by atoms with Crippen LogP contribution in [0.15, 0.2) is 0 Å². The van der Waals surface area contributed by atoms with E-state index in [9.17, 15) is 0 Å². The van der Waals surface area contributed by atoms with Gasteiger partial charge in [0.1, 0.15) is 0 Å². The van der Waals surface area contributed by atoms with Crippen molar-refractivity contribution >= 4 is 291 Å². The standard InChI is InChI=1S/C84H49N/c1-3-5-7-9-11-13-15-17-19-21-23-83-79-71-63-53-43-35-27-25-26-29-33-31(27)39-47-41(33)51-45-37(29)38-30(26)34-32-28(25)36(35)44-50-40(32)48-42(34)52-46(38)56-55(45)65-59(51)69-61(47)67(57(63)49(39)43)75(79)77(69)81-73(65)74-66(56)60(52)70-62(48)68-58(50)64(54(44)53)72(71)80(83)76(68)78(70)82(74)84(81,83)24(85-23)22-20-18-16-14-12-10-8-6-4-2/h23-24,85H,3-22H2,1-2H3/t23-,24+,83?,84?. The molecule has 1 heterocycles. The SMILES string of the molecule is CCCCCCCCCCC[C@@H]1N[C@H](CCCCCCCCCCC)C23c4c5c6c7c8c9c(c%10c%11c2c2c4c4c%12c5c5c6c6c8c8c%13c9c9c%10c%10c%11c%11c2c2c4c4c%12c%12c5c5c6c8c6c8c%13c9c9c%10c%10c%11c2c2c4c4c%12c5c6c5c8c9c%10c2c45)C713. The highest BCUT2D eigenvalue weighted by Gasteiger charge is 2.76. The minimum Gasteiger partial charge on any atom is -0.309 e. The maximum Gasteiger partial charge on any atom is 0.0534 e. The highest BCUT2D eigenvalue weighted by atomic mass is 15.1. The average molecular weight is 1070 g/mol. The molecule has 2 atom stereocenters. The summed E-state index contributed by atoms with van der Waals surface area (Å²) in [6.45, 7) is 4.74. The van der Waals surface area contributed by atoms with Crippen molar-refractivity contribution in [1.82, 2.24) is 5.32 Å². The van der Waals surface area contributed by atoms with Crippen molar-refractivity contribution in [1.29, 1.82) is 0 Å². The largest absolute Gasteiger partial charge is 0.309 e. The monoisotopic (exact) mass is 1070 g/mol. The van der Waals surface area contributed by atoms with Crippen LogP contribution in [0, 0.1) is 0 Å². The number of unbranched alkanes of at least 4 members (excludes halogenated alkanes) is 16. The van der Waals surface area contributed by atoms with E-state index < -0.39 is 0 Å². The van der Waals surface area contributed by atoms with Crippen molar-refractivity contribution in [3.63, 3.8) is 0 Å². The van der Waals surface area contributed by atoms with Crippen LogP contribution in [0.4, 0.5) is 0 Å². The number of benzene rings is 18. The zero-order valence-corrected chi connectivity index (χ0v) is 47.8. The molecule has 0 aromatic heterocycles. The highest BCUT2D eigenvalue weighted by molar-refractivity contribution is 6.82. The van der Waals surface area contributed by atoms with E-state index in [1.807, 2.05) is 22.3 Å². The van der Waals surface area contributed by atoms with Crippen molar-refractivity contribution < 1.29 is 0 Å². The number of hydrogen-bond acceptors (Lipinski definition) is 1. The lowest BCUT2D eigenvalue weighted by atomic mass is 9.46. The van der Waals surface area contributed by atoms with Crippen molar-refractivity contribution in [2.75, 3.05) is 0 Å². The lowest BCUT2D eigenvalue weighted by molar-refractivity contribution is 0.310. The molecule has 0 radical (unpaired) electrons. The van der Waals surface area contributed by atoms with E-state index in [0.29, 0.717) is 12.1 Å². The first-order chi connectivity index (χ1) is 42.4. The number of hydrogen-bond donors (Lipinski definition) is 1. The smallest absolute Gasteiger partial charge is 0.0534 e. The van der Waals surface area contributed by atoms with Crippen LogP contribution in [-0.4, -0.2) is 12.1 Å². The summed E-state index contributed by atoms with van der Waals surface area (Å²) >= 11 is 0. The van der Waals surface area contributed by atoms with Crippen molar-refractivity contribution in [2.45, 2.75) is 165 Å². The molecule has 4 aliphatic carbocycles. The highest BCUT2D eigenvalue weighted by Crippen LogP contribution is 2.86. The molecule has 0 unspecified atom stereocenters. The normalized spacial score (nSPS) is 22.5. The summed E-state index contributed by atoms with van der Waals surface area (Å²) in [4.78, 5) is 0. The summed E-state index contributed by atoms with van der Waals surface area (Å²) in [5, 5.41) is 98.1. The van der Waals surface area contributed by atoms with Gasteiger partial charge in [0.15, 0.2) is 0 Å². The minimum atomic E-state index is -0.192. The van der Waals surface area contributed by atoms with Gasteiger partial charge >= 0.3 is 0 Å². The molecule has 85 heavy (non-hydrogen) atoms. The van der Waals surface area contributed by atoms with Gasteiger partial charge in [-0.15, -0.1) is 0 Å². The number of nitrogens with one attached hydrogen (secondary N) is 1. The van der Waals surface area contributed by atoms with E-state index >= 15 is 0 Å². The molecule has 1 nitrogen and oxygen atoms in total. The summed E-state index contributed by atoms with van der Waals surface area (Å²) < 4.78 is 0. The summed E-state index contributed by atoms with van der Waals surface area (Å²) in [5.74, 6) is 0. The maximum absolute atomic E-state index is 5.12. The fourth-order valence-corrected chi connectivity index (χ4v) is 29.0. The second-order valence-electron chi connectivity index (χ2n) is 31.9. The lowest BCUT2D eigenvalue weighted by Gasteiger charge is -2.53. The molecular formula is C84H49N. The van der Waals surface area contributed by atoms with Crippen molar-refractivity contribution in [3.8, 4) is 0 Å². The Bertz CT molecular complexity index is 6810. The molecule has 1 N–H and O–H groups in total. The second-order valence-corrected chi connectivity index (χ2v) is 31.9. The third-order valence-corrected chi connectivity index (χ3v) is 30.1. The first kappa shape index (κ1) is 38.5. The number of rotatable bonds is 20. The molecule has 5 aliphatic rings. The van der Waals surface area contributed by atoms with Crippen molar-refractivity contribution in [3.05, 3.63) is 22.3 Å². The average Bonchev–Trinajstić information content (AvgIpc) is 1.38. The van der Waals surface area contributed by atoms with Crippen LogP contribution in [-0.2, 0) is 10.8 Å². The van der Waals surface area contributed by atoms with Crippen molar-refractivity contribution in [2.24, 2.45) is 0 Å². The Labute approximate surface area is 480 Å². The van der Waals surface area contributed by atoms with Gasteiger partial charge in [-0.2, -0.15) is 0 Å². The van der Waals surface area contributed by atoms with Gasteiger partial charge in [0, 0.05) is 12.1 Å². The zero-order valence-electron chi connectivity index (χ0n) is 47.8. The third kappa shape index (κ3) is 2.60. The third-order valence-electron chi connectivity index (χ3n) is 30.1. The molecule has 1 aliphatic heterocycles. The maximum atomic E-state index is 5.12. The predicted molar refractivity (Wildman–Crippen MR) is 368 cm³/mol. The van der Waals surface area contributed by atoms with Crippen LogP contribution >= 0.6 is 0 Å². The van der Waals surface area contributed by atoms with Gasteiger partial charge in [-0.25, -0.2) is 0 Å². The summed E-state index contributed by atoms with van der Waals surface area (Å²) in [7, 11) is 0. The first-order valence-electron chi connectivity index (χ1n) is 34.9. The quantitative estimate of drug-likeness (QED) is 0.0592. The van der Waals surface area contributed by atoms with Gasteiger partial charge < -0.3 is 5.32 Å². The van der Waals surface area contributed by atoms with E-state index in [0.717, 1.165) is 0 Å². The van der Waals surface area contributed by atoms with Crippen LogP contribution in [0.2, 0.25) is 0 Å². The molecule has 2 spiro atoms. The molecule has 28 aromatic rings. The van der Waals surface area contributed by atoms with Gasteiger partial charge in [-0.05, 0) is 326 Å². The van der Waals surface area contributed by atoms with Gasteiger partial charge in [-0.3, -0.25) is 0 Å². The molecule has 28 aromatic carbocycles. The molecule has 390 valence electrons. The lowest BCUT2D eigenvalue weighted by Crippen LogP contribution is -2.56. The fraction of sp³-hybridized carbons (Fsp3) is 0.310. The Morgan fingerprint density at radius 1 is 0.176 bits per heavy atom. The van der Waals surface area contributed by atoms with Gasteiger partial charge in [0.05, 0.1) is 10.8 Å². The molecule has 0 amide bonds. The molecule has 1 heteroatoms. The Morgan fingerprint density at radius 2 is 0.306 bits per heavy atom. The van der Waals surface area contributed by atoms with Crippen LogP contribution in [0.5, 0.6) is 0 Å². The Morgan fingerprint density at radius 3 is 0.459 bits per heavy atom. The van der Waals surface area contributed by atoms with Gasteiger partial charge in [0.25, 0.3) is 0 Å². The summed E-state index contributed by atoms with van der Waals surface area (Å²) in [6, 6.07) is 0.743. The van der Waals surface area contributed by atoms with Crippen LogP contribution < -0.4 is 5.32 Å². The topological polar surface area (TPSA) is 12.0 Å². The van der Waals surface area contributed by atoms with E-state index in [2.05, 4.69) is 13.8 Å². The molecular weight excluding hydrogens is 1020 g/mol. The fourth-order valence-electron chi connectivity index (χ4n) is 29.0. The van der Waals surface area contributed by atoms with E-state index in [1.165, 1.54) is 128 Å². The van der Waals surface area contributed by atoms with Gasteiger partial charge in [-0.1, -0.05) is 129 Å². The van der Waals surface area contributed by atoms with E-state index in [4.69, 9.17) is 5.32 Å². The second kappa shape index (κ2) is 10.3. The summed E-state index contributed by atoms with van der Waals surface area (Å²) in [5.41, 5.74) is 7.14. The predicted octanol–water partition coefficient (Wildman–Crippen LogP) is 24.5. The van der Waals surface area contributed by atoms with Gasteiger partial charge in [0.2, 0.25) is 0 Å². The van der Waals surface area contributed by atoms with E-state index in [1.54, 1.807) is 291 Å². The zero-order chi connectivity index (χ0) is 52.5. The van der Waals surface area contributed by atoms with Crippen LogP contribution in [0.3, 0.4) is 0 Å². The first-order valence-corrected chi connectivity index (χ1v) is 34.9. The molecule has 0 bridgehead atoms. The Hall–Kier alpha value is -7.58.